The van der Waals surface area contributed by atoms with Crippen LogP contribution in [0.5, 0.6) is 0 Å². The zero-order chi connectivity index (χ0) is 13.9. The average molecular weight is 266 g/mol. The number of carbonyl (C=O) groups excluding carboxylic acids is 1. The van der Waals surface area contributed by atoms with E-state index in [1.165, 1.54) is 10.6 Å². The van der Waals surface area contributed by atoms with E-state index < -0.39 is 5.95 Å². The topological polar surface area (TPSA) is 20.9 Å². The Labute approximate surface area is 116 Å². The van der Waals surface area contributed by atoms with Gasteiger partial charge >= 0.3 is 5.95 Å². The summed E-state index contributed by atoms with van der Waals surface area (Å²) in [5.41, 5.74) is 1.31. The van der Waals surface area contributed by atoms with Gasteiger partial charge in [0.05, 0.1) is 0 Å². The molecule has 3 rings (SSSR count). The molecule has 0 amide bonds. The molecule has 0 aliphatic heterocycles. The van der Waals surface area contributed by atoms with Gasteiger partial charge in [0.1, 0.15) is 0 Å². The maximum atomic E-state index is 14.0. The minimum atomic E-state index is -0.409. The van der Waals surface area contributed by atoms with Crippen molar-refractivity contribution < 1.29 is 13.8 Å². The zero-order valence-corrected chi connectivity index (χ0v) is 10.8. The van der Waals surface area contributed by atoms with Crippen LogP contribution in [0.3, 0.4) is 0 Å². The predicted molar refractivity (Wildman–Crippen MR) is 74.9 cm³/mol. The Bertz CT molecular complexity index is 768. The number of Topliss-reactive ketones (excluding diaryl/α,β-unsaturated/α-hetero) is 1. The Kier molecular flexibility index (Phi) is 3.25. The number of fused-ring (bicyclic) bond motifs is 1. The Hall–Kier alpha value is -2.55. The van der Waals surface area contributed by atoms with Crippen molar-refractivity contribution in [2.75, 3.05) is 0 Å². The molecule has 1 heterocycles. The number of benzene rings is 2. The molecule has 0 spiro atoms. The lowest BCUT2D eigenvalue weighted by molar-refractivity contribution is -0.686. The average Bonchev–Trinajstić information content (AvgIpc) is 2.51. The van der Waals surface area contributed by atoms with E-state index in [9.17, 15) is 9.18 Å². The molecule has 0 fully saturated rings. The summed E-state index contributed by atoms with van der Waals surface area (Å²) >= 11 is 0. The van der Waals surface area contributed by atoms with Crippen molar-refractivity contribution in [3.8, 4) is 0 Å². The summed E-state index contributed by atoms with van der Waals surface area (Å²) < 4.78 is 15.4. The van der Waals surface area contributed by atoms with Crippen molar-refractivity contribution in [3.05, 3.63) is 78.2 Å². The Balaban J connectivity index is 2.03. The summed E-state index contributed by atoms with van der Waals surface area (Å²) in [5.74, 6) is -0.515. The number of rotatable bonds is 3. The number of ketones is 1. The van der Waals surface area contributed by atoms with Crippen LogP contribution in [0.15, 0.2) is 66.7 Å². The second-order valence-electron chi connectivity index (χ2n) is 4.59. The van der Waals surface area contributed by atoms with Gasteiger partial charge in [-0.1, -0.05) is 42.5 Å². The molecule has 0 N–H and O–H groups in total. The first-order valence-electron chi connectivity index (χ1n) is 6.41. The molecule has 1 aromatic heterocycles. The van der Waals surface area contributed by atoms with Gasteiger partial charge in [0.25, 0.3) is 0 Å². The maximum Gasteiger partial charge on any atom is 0.360 e. The molecule has 0 unspecified atom stereocenters. The second kappa shape index (κ2) is 5.21. The third-order valence-corrected chi connectivity index (χ3v) is 3.28. The molecule has 3 heteroatoms. The summed E-state index contributed by atoms with van der Waals surface area (Å²) in [7, 11) is 0. The molecule has 0 saturated carbocycles. The molecule has 20 heavy (non-hydrogen) atoms. The van der Waals surface area contributed by atoms with E-state index in [4.69, 9.17) is 0 Å². The highest BCUT2D eigenvalue weighted by atomic mass is 19.1. The van der Waals surface area contributed by atoms with E-state index >= 15 is 0 Å². The first-order chi connectivity index (χ1) is 9.75. The van der Waals surface area contributed by atoms with E-state index in [0.29, 0.717) is 5.56 Å². The number of carbonyl (C=O) groups is 1. The summed E-state index contributed by atoms with van der Waals surface area (Å²) in [6.07, 6.45) is 0. The van der Waals surface area contributed by atoms with Crippen LogP contribution in [0.1, 0.15) is 10.4 Å². The van der Waals surface area contributed by atoms with Gasteiger partial charge < -0.3 is 0 Å². The fourth-order valence-corrected chi connectivity index (χ4v) is 2.26. The van der Waals surface area contributed by atoms with Crippen LogP contribution in [0.2, 0.25) is 0 Å². The lowest BCUT2D eigenvalue weighted by Crippen LogP contribution is -2.42. The summed E-state index contributed by atoms with van der Waals surface area (Å²) in [6, 6.07) is 19.5. The van der Waals surface area contributed by atoms with Crippen LogP contribution >= 0.6 is 0 Å². The van der Waals surface area contributed by atoms with Crippen molar-refractivity contribution in [1.82, 2.24) is 0 Å². The van der Waals surface area contributed by atoms with E-state index in [-0.39, 0.29) is 12.3 Å². The fourth-order valence-electron chi connectivity index (χ4n) is 2.26. The molecule has 0 aliphatic rings. The van der Waals surface area contributed by atoms with Crippen LogP contribution < -0.4 is 4.57 Å². The molecule has 0 bridgehead atoms. The third kappa shape index (κ3) is 2.30. The van der Waals surface area contributed by atoms with Crippen LogP contribution in [0, 0.1) is 5.95 Å². The van der Waals surface area contributed by atoms with Gasteiger partial charge in [-0.3, -0.25) is 4.79 Å². The van der Waals surface area contributed by atoms with Crippen LogP contribution in [0.25, 0.3) is 10.9 Å². The number of pyridine rings is 1. The quantitative estimate of drug-likeness (QED) is 0.405. The van der Waals surface area contributed by atoms with Gasteiger partial charge in [0, 0.05) is 23.1 Å². The van der Waals surface area contributed by atoms with Crippen molar-refractivity contribution in [3.63, 3.8) is 0 Å². The Morgan fingerprint density at radius 1 is 0.900 bits per heavy atom. The van der Waals surface area contributed by atoms with Crippen molar-refractivity contribution in [2.45, 2.75) is 6.54 Å². The molecule has 2 aromatic carbocycles. The van der Waals surface area contributed by atoms with Crippen LogP contribution in [0.4, 0.5) is 4.39 Å². The van der Waals surface area contributed by atoms with Gasteiger partial charge in [-0.25, -0.2) is 0 Å². The van der Waals surface area contributed by atoms with Crippen LogP contribution in [-0.2, 0) is 6.54 Å². The lowest BCUT2D eigenvalue weighted by Gasteiger charge is -2.02. The van der Waals surface area contributed by atoms with Gasteiger partial charge in [-0.05, 0) is 12.1 Å². The highest BCUT2D eigenvalue weighted by Crippen LogP contribution is 2.10. The second-order valence-corrected chi connectivity index (χ2v) is 4.59. The third-order valence-electron chi connectivity index (χ3n) is 3.28. The predicted octanol–water partition coefficient (Wildman–Crippen LogP) is 3.15. The smallest absolute Gasteiger partial charge is 0.287 e. The normalized spacial score (nSPS) is 10.7. The molecular formula is C17H13FNO+. The Morgan fingerprint density at radius 2 is 1.60 bits per heavy atom. The highest BCUT2D eigenvalue weighted by molar-refractivity contribution is 5.95. The first kappa shape index (κ1) is 12.5. The molecule has 0 atom stereocenters. The van der Waals surface area contributed by atoms with Crippen molar-refractivity contribution in [1.29, 1.82) is 0 Å². The monoisotopic (exact) mass is 266 g/mol. The Morgan fingerprint density at radius 3 is 2.40 bits per heavy atom. The number of aromatic nitrogens is 1. The molecule has 98 valence electrons. The number of nitrogens with zero attached hydrogens (tertiary/aromatic N) is 1. The fraction of sp³-hybridized carbons (Fsp3) is 0.0588. The molecule has 3 aromatic rings. The molecule has 0 aliphatic carbocycles. The van der Waals surface area contributed by atoms with Gasteiger partial charge in [0.2, 0.25) is 17.8 Å². The lowest BCUT2D eigenvalue weighted by atomic mass is 10.1. The molecule has 0 radical (unpaired) electrons. The maximum absolute atomic E-state index is 14.0. The molecular weight excluding hydrogens is 253 g/mol. The van der Waals surface area contributed by atoms with Gasteiger partial charge in [0.15, 0.2) is 0 Å². The standard InChI is InChI=1S/C17H13FNO/c18-17-11-10-13-6-4-5-9-15(13)19(17)12-16(20)14-7-2-1-3-8-14/h1-11H,12H2/q+1. The zero-order valence-electron chi connectivity index (χ0n) is 10.8. The van der Waals surface area contributed by atoms with Crippen molar-refractivity contribution >= 4 is 16.7 Å². The summed E-state index contributed by atoms with van der Waals surface area (Å²) in [6.45, 7) is -0.00278. The SMILES string of the molecule is O=C(C[n+]1c(F)ccc2ccccc21)c1ccccc1. The van der Waals surface area contributed by atoms with Gasteiger partial charge in [-0.2, -0.15) is 4.57 Å². The largest absolute Gasteiger partial charge is 0.360 e. The summed E-state index contributed by atoms with van der Waals surface area (Å²) in [4.78, 5) is 12.2. The number of hydrogen-bond donors (Lipinski definition) is 0. The van der Waals surface area contributed by atoms with E-state index in [2.05, 4.69) is 0 Å². The van der Waals surface area contributed by atoms with Crippen LogP contribution in [-0.4, -0.2) is 5.78 Å². The first-order valence-corrected chi connectivity index (χ1v) is 6.41. The number of hydrogen-bond acceptors (Lipinski definition) is 1. The van der Waals surface area contributed by atoms with Gasteiger partial charge in [-0.15, -0.1) is 4.39 Å². The molecule has 2 nitrogen and oxygen atoms in total. The number of para-hydroxylation sites is 1. The number of halogens is 1. The van der Waals surface area contributed by atoms with E-state index in [0.717, 1.165) is 10.9 Å². The van der Waals surface area contributed by atoms with E-state index in [1.54, 1.807) is 30.3 Å². The minimum Gasteiger partial charge on any atom is -0.287 e. The summed E-state index contributed by atoms with van der Waals surface area (Å²) in [5, 5.41) is 0.912. The van der Waals surface area contributed by atoms with E-state index in [1.807, 2.05) is 30.3 Å². The minimum absolute atomic E-state index is 0.00278. The van der Waals surface area contributed by atoms with Crippen molar-refractivity contribution in [2.24, 2.45) is 0 Å². The highest BCUT2D eigenvalue weighted by Gasteiger charge is 2.19. The molecule has 0 saturated heterocycles.